The largest absolute Gasteiger partial charge is 0.292 e. The van der Waals surface area contributed by atoms with Crippen molar-refractivity contribution in [3.8, 4) is 0 Å². The highest BCUT2D eigenvalue weighted by Gasteiger charge is 2.20. The maximum atomic E-state index is 11.0. The van der Waals surface area contributed by atoms with Gasteiger partial charge in [-0.2, -0.15) is 0 Å². The van der Waals surface area contributed by atoms with Gasteiger partial charge in [0.2, 0.25) is 0 Å². The van der Waals surface area contributed by atoms with Gasteiger partial charge in [-0.1, -0.05) is 13.8 Å². The highest BCUT2D eigenvalue weighted by molar-refractivity contribution is 5.97. The second-order valence-electron chi connectivity index (χ2n) is 2.27. The van der Waals surface area contributed by atoms with Gasteiger partial charge in [0.15, 0.2) is 5.78 Å². The summed E-state index contributed by atoms with van der Waals surface area (Å²) in [6.07, 6.45) is 4.53. The van der Waals surface area contributed by atoms with Crippen LogP contribution >= 0.6 is 0 Å². The van der Waals surface area contributed by atoms with Crippen LogP contribution in [0, 0.1) is 0 Å². The van der Waals surface area contributed by atoms with Crippen LogP contribution in [0.15, 0.2) is 12.4 Å². The van der Waals surface area contributed by atoms with Crippen LogP contribution in [0.25, 0.3) is 0 Å². The van der Waals surface area contributed by atoms with Crippen molar-refractivity contribution in [1.82, 2.24) is 9.97 Å². The summed E-state index contributed by atoms with van der Waals surface area (Å²) in [5.41, 5.74) is 1.43. The number of Topliss-reactive ketones (excluding diaryl/α,β-unsaturated/α-hetero) is 1. The first-order valence-electron chi connectivity index (χ1n) is 4.21. The molecule has 1 aliphatic carbocycles. The van der Waals surface area contributed by atoms with E-state index >= 15 is 0 Å². The van der Waals surface area contributed by atoms with Crippen LogP contribution < -0.4 is 0 Å². The molecule has 2 rings (SSSR count). The lowest BCUT2D eigenvalue weighted by Gasteiger charge is -1.90. The van der Waals surface area contributed by atoms with E-state index in [2.05, 4.69) is 9.97 Å². The van der Waals surface area contributed by atoms with E-state index in [4.69, 9.17) is 0 Å². The summed E-state index contributed by atoms with van der Waals surface area (Å²) in [5, 5.41) is 0. The van der Waals surface area contributed by atoms with Crippen LogP contribution in [0.3, 0.4) is 0 Å². The molecule has 0 fully saturated rings. The van der Waals surface area contributed by atoms with Crippen molar-refractivity contribution in [1.29, 1.82) is 0 Å². The third kappa shape index (κ3) is 1.49. The van der Waals surface area contributed by atoms with Gasteiger partial charge in [-0.15, -0.1) is 0 Å². The molecule has 0 saturated heterocycles. The zero-order chi connectivity index (χ0) is 8.97. The maximum absolute atomic E-state index is 11.0. The molecule has 0 unspecified atom stereocenters. The van der Waals surface area contributed by atoms with Gasteiger partial charge in [0.25, 0.3) is 0 Å². The molecular formula is C9H12N2O. The summed E-state index contributed by atoms with van der Waals surface area (Å²) in [7, 11) is 0. The number of hydrogen-bond acceptors (Lipinski definition) is 3. The Bertz CT molecular complexity index is 284. The number of fused-ring (bicyclic) bond motifs is 1. The van der Waals surface area contributed by atoms with E-state index < -0.39 is 0 Å². The van der Waals surface area contributed by atoms with Gasteiger partial charge in [0.05, 0.1) is 5.69 Å². The van der Waals surface area contributed by atoms with Gasteiger partial charge in [-0.25, -0.2) is 4.98 Å². The van der Waals surface area contributed by atoms with E-state index in [9.17, 15) is 4.79 Å². The predicted octanol–water partition coefficient (Wildman–Crippen LogP) is 1.63. The van der Waals surface area contributed by atoms with Crippen molar-refractivity contribution in [2.75, 3.05) is 0 Å². The van der Waals surface area contributed by atoms with E-state index in [1.807, 2.05) is 13.8 Å². The standard InChI is InChI=1S/C7H6N2O.C2H6/c10-6-2-1-5-7(6)9-4-3-8-5;1-2/h3-4H,1-2H2;1-2H3. The second kappa shape index (κ2) is 3.95. The molecule has 0 N–H and O–H groups in total. The molecule has 1 aromatic rings. The highest BCUT2D eigenvalue weighted by Crippen LogP contribution is 2.15. The molecule has 0 radical (unpaired) electrons. The number of ketones is 1. The molecule has 0 bridgehead atoms. The summed E-state index contributed by atoms with van der Waals surface area (Å²) in [4.78, 5) is 18.9. The van der Waals surface area contributed by atoms with Gasteiger partial charge < -0.3 is 0 Å². The number of carbonyl (C=O) groups is 1. The third-order valence-electron chi connectivity index (χ3n) is 1.63. The van der Waals surface area contributed by atoms with E-state index in [0.717, 1.165) is 12.1 Å². The van der Waals surface area contributed by atoms with Crippen molar-refractivity contribution in [3.05, 3.63) is 23.8 Å². The van der Waals surface area contributed by atoms with Crippen molar-refractivity contribution < 1.29 is 4.79 Å². The molecule has 1 aromatic heterocycles. The van der Waals surface area contributed by atoms with E-state index in [1.165, 1.54) is 0 Å². The van der Waals surface area contributed by atoms with Gasteiger partial charge in [-0.05, 0) is 6.42 Å². The molecule has 64 valence electrons. The van der Waals surface area contributed by atoms with Crippen LogP contribution in [-0.2, 0) is 6.42 Å². The Labute approximate surface area is 71.9 Å². The number of nitrogens with zero attached hydrogens (tertiary/aromatic N) is 2. The number of rotatable bonds is 0. The summed E-state index contributed by atoms with van der Waals surface area (Å²) < 4.78 is 0. The Hall–Kier alpha value is -1.25. The van der Waals surface area contributed by atoms with Crippen molar-refractivity contribution in [3.63, 3.8) is 0 Å². The monoisotopic (exact) mass is 164 g/mol. The Morgan fingerprint density at radius 2 is 1.83 bits per heavy atom. The quantitative estimate of drug-likeness (QED) is 0.585. The Morgan fingerprint density at radius 3 is 2.50 bits per heavy atom. The second-order valence-corrected chi connectivity index (χ2v) is 2.27. The third-order valence-corrected chi connectivity index (χ3v) is 1.63. The smallest absolute Gasteiger partial charge is 0.183 e. The molecule has 3 heteroatoms. The Morgan fingerprint density at radius 1 is 1.17 bits per heavy atom. The van der Waals surface area contributed by atoms with E-state index in [0.29, 0.717) is 12.1 Å². The minimum Gasteiger partial charge on any atom is -0.292 e. The molecule has 1 heterocycles. The number of aryl methyl sites for hydroxylation is 1. The topological polar surface area (TPSA) is 42.9 Å². The number of aromatic nitrogens is 2. The first kappa shape index (κ1) is 8.84. The Balaban J connectivity index is 0.000000336. The van der Waals surface area contributed by atoms with Crippen LogP contribution in [-0.4, -0.2) is 15.8 Å². The molecular weight excluding hydrogens is 152 g/mol. The maximum Gasteiger partial charge on any atom is 0.183 e. The molecule has 0 aliphatic heterocycles. The minimum atomic E-state index is 0.128. The molecule has 3 nitrogen and oxygen atoms in total. The average molecular weight is 164 g/mol. The van der Waals surface area contributed by atoms with Crippen molar-refractivity contribution in [2.24, 2.45) is 0 Å². The summed E-state index contributed by atoms with van der Waals surface area (Å²) in [5.74, 6) is 0.128. The molecule has 12 heavy (non-hydrogen) atoms. The fourth-order valence-electron chi connectivity index (χ4n) is 1.13. The molecule has 0 amide bonds. The number of carbonyl (C=O) groups excluding carboxylic acids is 1. The summed E-state index contributed by atoms with van der Waals surface area (Å²) >= 11 is 0. The minimum absolute atomic E-state index is 0.128. The van der Waals surface area contributed by atoms with Gasteiger partial charge >= 0.3 is 0 Å². The molecule has 0 saturated carbocycles. The lowest BCUT2D eigenvalue weighted by molar-refractivity contribution is 0.0990. The fraction of sp³-hybridized carbons (Fsp3) is 0.444. The first-order valence-corrected chi connectivity index (χ1v) is 4.21. The highest BCUT2D eigenvalue weighted by atomic mass is 16.1. The van der Waals surface area contributed by atoms with Gasteiger partial charge in [-0.3, -0.25) is 9.78 Å². The zero-order valence-electron chi connectivity index (χ0n) is 7.37. The predicted molar refractivity (Wildman–Crippen MR) is 46.0 cm³/mol. The van der Waals surface area contributed by atoms with Crippen LogP contribution in [0.4, 0.5) is 0 Å². The summed E-state index contributed by atoms with van der Waals surface area (Å²) in [6, 6.07) is 0. The van der Waals surface area contributed by atoms with Crippen molar-refractivity contribution >= 4 is 5.78 Å². The summed E-state index contributed by atoms with van der Waals surface area (Å²) in [6.45, 7) is 4.00. The lowest BCUT2D eigenvalue weighted by Crippen LogP contribution is -1.95. The average Bonchev–Trinajstić information content (AvgIpc) is 2.53. The van der Waals surface area contributed by atoms with Crippen molar-refractivity contribution in [2.45, 2.75) is 26.7 Å². The lowest BCUT2D eigenvalue weighted by atomic mass is 10.3. The molecule has 1 aliphatic rings. The van der Waals surface area contributed by atoms with Crippen LogP contribution in [0.1, 0.15) is 36.5 Å². The van der Waals surface area contributed by atoms with Gasteiger partial charge in [0.1, 0.15) is 5.69 Å². The van der Waals surface area contributed by atoms with Crippen LogP contribution in [0.5, 0.6) is 0 Å². The Kier molecular flexibility index (Phi) is 2.91. The fourth-order valence-corrected chi connectivity index (χ4v) is 1.13. The molecule has 0 spiro atoms. The molecule has 0 aromatic carbocycles. The number of hydrogen-bond donors (Lipinski definition) is 0. The van der Waals surface area contributed by atoms with Crippen LogP contribution in [0.2, 0.25) is 0 Å². The van der Waals surface area contributed by atoms with Gasteiger partial charge in [0, 0.05) is 18.8 Å². The first-order chi connectivity index (χ1) is 5.88. The normalized spacial score (nSPS) is 13.3. The SMILES string of the molecule is CC.O=C1CCc2nccnc21. The zero-order valence-corrected chi connectivity index (χ0v) is 7.37. The van der Waals surface area contributed by atoms with E-state index in [-0.39, 0.29) is 5.78 Å². The van der Waals surface area contributed by atoms with E-state index in [1.54, 1.807) is 12.4 Å². The molecule has 0 atom stereocenters.